The molecule has 0 aliphatic carbocycles. The molecule has 0 unspecified atom stereocenters. The van der Waals surface area contributed by atoms with Gasteiger partial charge in [0.05, 0.1) is 0 Å². The van der Waals surface area contributed by atoms with Crippen molar-refractivity contribution in [1.29, 1.82) is 0 Å². The first-order valence-electron chi connectivity index (χ1n) is 7.72. The summed E-state index contributed by atoms with van der Waals surface area (Å²) in [6.07, 6.45) is 9.37. The van der Waals surface area contributed by atoms with Crippen LogP contribution in [0.15, 0.2) is 0 Å². The lowest BCUT2D eigenvalue weighted by Gasteiger charge is -2.30. The summed E-state index contributed by atoms with van der Waals surface area (Å²) >= 11 is 0. The maximum atomic E-state index is 12.0. The molecule has 19 heavy (non-hydrogen) atoms. The average Bonchev–Trinajstić information content (AvgIpc) is 2.42. The lowest BCUT2D eigenvalue weighted by atomic mass is 9.96. The Hall–Kier alpha value is -1.06. The molecular formula is C15H28N2O2. The summed E-state index contributed by atoms with van der Waals surface area (Å²) in [5, 5.41) is 0. The largest absolute Gasteiger partial charge is 0.369 e. The van der Waals surface area contributed by atoms with Crippen LogP contribution in [0.2, 0.25) is 0 Å². The van der Waals surface area contributed by atoms with E-state index in [0.717, 1.165) is 25.7 Å². The molecule has 4 heteroatoms. The zero-order valence-electron chi connectivity index (χ0n) is 12.2. The van der Waals surface area contributed by atoms with Crippen molar-refractivity contribution in [2.75, 3.05) is 13.1 Å². The smallest absolute Gasteiger partial charge is 0.222 e. The minimum Gasteiger partial charge on any atom is -0.369 e. The molecule has 0 aromatic rings. The van der Waals surface area contributed by atoms with Crippen molar-refractivity contribution < 1.29 is 9.59 Å². The molecule has 0 radical (unpaired) electrons. The Balaban J connectivity index is 2.09. The Bertz CT molecular complexity index is 284. The number of piperidine rings is 1. The summed E-state index contributed by atoms with van der Waals surface area (Å²) in [7, 11) is 0. The number of likely N-dealkylation sites (tertiary alicyclic amines) is 1. The van der Waals surface area contributed by atoms with Gasteiger partial charge in [-0.25, -0.2) is 0 Å². The molecular weight excluding hydrogens is 240 g/mol. The molecule has 1 fully saturated rings. The maximum absolute atomic E-state index is 12.0. The van der Waals surface area contributed by atoms with E-state index in [1.54, 1.807) is 0 Å². The van der Waals surface area contributed by atoms with Crippen molar-refractivity contribution in [1.82, 2.24) is 4.90 Å². The summed E-state index contributed by atoms with van der Waals surface area (Å²) in [6, 6.07) is 0. The van der Waals surface area contributed by atoms with Crippen molar-refractivity contribution in [2.24, 2.45) is 11.7 Å². The van der Waals surface area contributed by atoms with E-state index in [4.69, 9.17) is 5.73 Å². The lowest BCUT2D eigenvalue weighted by Crippen LogP contribution is -2.41. The van der Waals surface area contributed by atoms with Crippen molar-refractivity contribution >= 4 is 11.8 Å². The second kappa shape index (κ2) is 8.94. The predicted octanol–water partition coefficient (Wildman–Crippen LogP) is 2.46. The number of nitrogens with two attached hydrogens (primary N) is 1. The van der Waals surface area contributed by atoms with Gasteiger partial charge in [0.15, 0.2) is 0 Å². The van der Waals surface area contributed by atoms with E-state index >= 15 is 0 Å². The van der Waals surface area contributed by atoms with E-state index in [-0.39, 0.29) is 17.7 Å². The van der Waals surface area contributed by atoms with Crippen LogP contribution in [0.4, 0.5) is 0 Å². The molecule has 0 saturated carbocycles. The summed E-state index contributed by atoms with van der Waals surface area (Å²) in [6.45, 7) is 3.60. The molecule has 1 aliphatic heterocycles. The first-order valence-corrected chi connectivity index (χ1v) is 7.72. The fraction of sp³-hybridized carbons (Fsp3) is 0.867. The van der Waals surface area contributed by atoms with Crippen LogP contribution in [0.1, 0.15) is 64.7 Å². The second-order valence-electron chi connectivity index (χ2n) is 5.58. The van der Waals surface area contributed by atoms with Crippen LogP contribution < -0.4 is 5.73 Å². The minimum absolute atomic E-state index is 0.0295. The van der Waals surface area contributed by atoms with Gasteiger partial charge < -0.3 is 10.6 Å². The van der Waals surface area contributed by atoms with E-state index in [1.807, 2.05) is 4.90 Å². The molecule has 0 aromatic heterocycles. The van der Waals surface area contributed by atoms with E-state index in [0.29, 0.717) is 19.5 Å². The molecule has 1 rings (SSSR count). The van der Waals surface area contributed by atoms with Gasteiger partial charge in [-0.1, -0.05) is 39.0 Å². The lowest BCUT2D eigenvalue weighted by molar-refractivity contribution is -0.135. The Kier molecular flexibility index (Phi) is 7.53. The third-order valence-corrected chi connectivity index (χ3v) is 3.99. The van der Waals surface area contributed by atoms with Crippen LogP contribution in [0.3, 0.4) is 0 Å². The van der Waals surface area contributed by atoms with Crippen molar-refractivity contribution in [2.45, 2.75) is 64.7 Å². The number of hydrogen-bond acceptors (Lipinski definition) is 2. The Labute approximate surface area is 116 Å². The van der Waals surface area contributed by atoms with Crippen molar-refractivity contribution in [3.8, 4) is 0 Å². The number of unbranched alkanes of at least 4 members (excludes halogenated alkanes) is 5. The van der Waals surface area contributed by atoms with Crippen molar-refractivity contribution in [3.63, 3.8) is 0 Å². The van der Waals surface area contributed by atoms with Gasteiger partial charge in [-0.15, -0.1) is 0 Å². The average molecular weight is 268 g/mol. The molecule has 0 bridgehead atoms. The first kappa shape index (κ1) is 16.0. The number of carbonyl (C=O) groups excluding carboxylic acids is 2. The number of amides is 2. The third-order valence-electron chi connectivity index (χ3n) is 3.99. The van der Waals surface area contributed by atoms with Gasteiger partial charge in [-0.2, -0.15) is 0 Å². The molecule has 1 aliphatic rings. The van der Waals surface area contributed by atoms with Gasteiger partial charge in [0, 0.05) is 25.4 Å². The molecule has 2 amide bonds. The molecule has 0 atom stereocenters. The van der Waals surface area contributed by atoms with Crippen LogP contribution in [-0.2, 0) is 9.59 Å². The minimum atomic E-state index is -0.219. The van der Waals surface area contributed by atoms with Gasteiger partial charge in [0.2, 0.25) is 11.8 Å². The van der Waals surface area contributed by atoms with Gasteiger partial charge in [0.1, 0.15) is 0 Å². The molecule has 110 valence electrons. The van der Waals surface area contributed by atoms with Crippen LogP contribution in [0.25, 0.3) is 0 Å². The highest BCUT2D eigenvalue weighted by Crippen LogP contribution is 2.18. The first-order chi connectivity index (χ1) is 9.15. The third kappa shape index (κ3) is 6.08. The molecule has 0 aromatic carbocycles. The predicted molar refractivity (Wildman–Crippen MR) is 76.5 cm³/mol. The zero-order valence-corrected chi connectivity index (χ0v) is 12.2. The fourth-order valence-electron chi connectivity index (χ4n) is 2.63. The second-order valence-corrected chi connectivity index (χ2v) is 5.58. The van der Waals surface area contributed by atoms with E-state index in [1.165, 1.54) is 25.7 Å². The standard InChI is InChI=1S/C15H28N2O2/c1-2-3-4-5-6-7-8-14(18)17-11-9-13(10-12-17)15(16)19/h13H,2-12H2,1H3,(H2,16,19). The topological polar surface area (TPSA) is 63.4 Å². The SMILES string of the molecule is CCCCCCCCC(=O)N1CCC(C(N)=O)CC1. The molecule has 1 saturated heterocycles. The van der Waals surface area contributed by atoms with Gasteiger partial charge in [0.25, 0.3) is 0 Å². The van der Waals surface area contributed by atoms with Crippen LogP contribution in [0.5, 0.6) is 0 Å². The highest BCUT2D eigenvalue weighted by atomic mass is 16.2. The summed E-state index contributed by atoms with van der Waals surface area (Å²) in [5.74, 6) is -0.000436. The Morgan fingerprint density at radius 3 is 2.21 bits per heavy atom. The highest BCUT2D eigenvalue weighted by Gasteiger charge is 2.25. The van der Waals surface area contributed by atoms with Gasteiger partial charge >= 0.3 is 0 Å². The summed E-state index contributed by atoms with van der Waals surface area (Å²) in [4.78, 5) is 24.9. The molecule has 2 N–H and O–H groups in total. The van der Waals surface area contributed by atoms with E-state index in [9.17, 15) is 9.59 Å². The van der Waals surface area contributed by atoms with Crippen LogP contribution in [0, 0.1) is 5.92 Å². The maximum Gasteiger partial charge on any atom is 0.222 e. The Morgan fingerprint density at radius 2 is 1.63 bits per heavy atom. The van der Waals surface area contributed by atoms with Crippen LogP contribution in [-0.4, -0.2) is 29.8 Å². The number of nitrogens with zero attached hydrogens (tertiary/aromatic N) is 1. The zero-order chi connectivity index (χ0) is 14.1. The molecule has 4 nitrogen and oxygen atoms in total. The quantitative estimate of drug-likeness (QED) is 0.687. The fourth-order valence-corrected chi connectivity index (χ4v) is 2.63. The van der Waals surface area contributed by atoms with E-state index in [2.05, 4.69) is 6.92 Å². The molecule has 1 heterocycles. The monoisotopic (exact) mass is 268 g/mol. The van der Waals surface area contributed by atoms with Crippen molar-refractivity contribution in [3.05, 3.63) is 0 Å². The molecule has 0 spiro atoms. The highest BCUT2D eigenvalue weighted by molar-refractivity contribution is 5.78. The van der Waals surface area contributed by atoms with E-state index < -0.39 is 0 Å². The normalized spacial score (nSPS) is 16.6. The number of rotatable bonds is 8. The Morgan fingerprint density at radius 1 is 1.05 bits per heavy atom. The van der Waals surface area contributed by atoms with Gasteiger partial charge in [-0.05, 0) is 19.3 Å². The van der Waals surface area contributed by atoms with Gasteiger partial charge in [-0.3, -0.25) is 9.59 Å². The van der Waals surface area contributed by atoms with Crippen LogP contribution >= 0.6 is 0 Å². The number of hydrogen-bond donors (Lipinski definition) is 1. The number of primary amides is 1. The summed E-state index contributed by atoms with van der Waals surface area (Å²) < 4.78 is 0. The summed E-state index contributed by atoms with van der Waals surface area (Å²) in [5.41, 5.74) is 5.28. The number of carbonyl (C=O) groups is 2.